The molecule has 18 heavy (non-hydrogen) atoms. The monoisotopic (exact) mass is 252 g/mol. The largest absolute Gasteiger partial charge is 0.508 e. The van der Waals surface area contributed by atoms with E-state index in [2.05, 4.69) is 5.43 Å². The summed E-state index contributed by atoms with van der Waals surface area (Å²) in [6, 6.07) is 6.57. The van der Waals surface area contributed by atoms with E-state index in [1.54, 1.807) is 24.3 Å². The van der Waals surface area contributed by atoms with E-state index in [9.17, 15) is 15.0 Å². The van der Waals surface area contributed by atoms with Crippen LogP contribution in [-0.4, -0.2) is 21.7 Å². The maximum atomic E-state index is 11.4. The molecule has 0 aliphatic heterocycles. The first-order valence-electron chi connectivity index (χ1n) is 6.03. The topological polar surface area (TPSA) is 95.6 Å². The predicted molar refractivity (Wildman–Crippen MR) is 69.0 cm³/mol. The molecule has 5 heteroatoms. The molecular formula is C13H20N2O3. The van der Waals surface area contributed by atoms with Crippen molar-refractivity contribution in [2.45, 2.75) is 38.1 Å². The summed E-state index contributed by atoms with van der Waals surface area (Å²) in [6.07, 6.45) is 2.37. The quantitative estimate of drug-likeness (QED) is 0.435. The number of aromatic hydroxyl groups is 1. The molecule has 1 atom stereocenters. The molecule has 0 aliphatic carbocycles. The van der Waals surface area contributed by atoms with Gasteiger partial charge in [0.25, 0.3) is 0 Å². The number of aliphatic carboxylic acids is 1. The fourth-order valence-electron chi connectivity index (χ4n) is 1.95. The third-order valence-corrected chi connectivity index (χ3v) is 3.06. The van der Waals surface area contributed by atoms with E-state index in [0.717, 1.165) is 18.4 Å². The van der Waals surface area contributed by atoms with Gasteiger partial charge in [0.05, 0.1) is 0 Å². The van der Waals surface area contributed by atoms with Gasteiger partial charge in [-0.15, -0.1) is 0 Å². The van der Waals surface area contributed by atoms with E-state index >= 15 is 0 Å². The van der Waals surface area contributed by atoms with E-state index in [-0.39, 0.29) is 12.2 Å². The van der Waals surface area contributed by atoms with Crippen molar-refractivity contribution in [1.82, 2.24) is 5.43 Å². The van der Waals surface area contributed by atoms with E-state index in [1.165, 1.54) is 0 Å². The highest BCUT2D eigenvalue weighted by molar-refractivity contribution is 5.79. The zero-order valence-corrected chi connectivity index (χ0v) is 10.5. The summed E-state index contributed by atoms with van der Waals surface area (Å²) in [6.45, 7) is 2.00. The van der Waals surface area contributed by atoms with Crippen molar-refractivity contribution in [3.63, 3.8) is 0 Å². The normalized spacial score (nSPS) is 14.1. The molecular weight excluding hydrogens is 232 g/mol. The minimum Gasteiger partial charge on any atom is -0.508 e. The first-order valence-corrected chi connectivity index (χ1v) is 6.03. The summed E-state index contributed by atoms with van der Waals surface area (Å²) in [5.41, 5.74) is 2.00. The number of phenolic OH excluding ortho intramolecular Hbond substituents is 1. The molecule has 0 aliphatic rings. The van der Waals surface area contributed by atoms with Gasteiger partial charge < -0.3 is 10.2 Å². The molecule has 5 nitrogen and oxygen atoms in total. The van der Waals surface area contributed by atoms with Crippen LogP contribution in [0.3, 0.4) is 0 Å². The minimum atomic E-state index is -1.18. The van der Waals surface area contributed by atoms with E-state index in [0.29, 0.717) is 6.42 Å². The second kappa shape index (κ2) is 6.37. The van der Waals surface area contributed by atoms with Crippen molar-refractivity contribution in [3.8, 4) is 5.75 Å². The van der Waals surface area contributed by atoms with Gasteiger partial charge in [0, 0.05) is 6.42 Å². The van der Waals surface area contributed by atoms with Crippen molar-refractivity contribution in [2.24, 2.45) is 5.84 Å². The molecule has 0 bridgehead atoms. The van der Waals surface area contributed by atoms with Gasteiger partial charge in [-0.3, -0.25) is 10.6 Å². The Bertz CT molecular complexity index is 409. The maximum absolute atomic E-state index is 11.4. The van der Waals surface area contributed by atoms with Crippen LogP contribution < -0.4 is 11.3 Å². The molecule has 0 radical (unpaired) electrons. The highest BCUT2D eigenvalue weighted by Crippen LogP contribution is 2.22. The van der Waals surface area contributed by atoms with Crippen LogP contribution in [0.5, 0.6) is 5.75 Å². The van der Waals surface area contributed by atoms with Gasteiger partial charge in [-0.1, -0.05) is 31.9 Å². The molecule has 1 aromatic rings. The number of phenols is 1. The van der Waals surface area contributed by atoms with Crippen molar-refractivity contribution in [2.75, 3.05) is 0 Å². The highest BCUT2D eigenvalue weighted by atomic mass is 16.4. The molecule has 1 aromatic carbocycles. The van der Waals surface area contributed by atoms with Gasteiger partial charge in [0.2, 0.25) is 0 Å². The summed E-state index contributed by atoms with van der Waals surface area (Å²) in [4.78, 5) is 11.4. The summed E-state index contributed by atoms with van der Waals surface area (Å²) in [5.74, 6) is 4.60. The molecule has 100 valence electrons. The average molecular weight is 252 g/mol. The third-order valence-electron chi connectivity index (χ3n) is 3.06. The number of hydrogen-bond acceptors (Lipinski definition) is 4. The number of nitrogens with one attached hydrogen (secondary N) is 1. The smallest absolute Gasteiger partial charge is 0.325 e. The summed E-state index contributed by atoms with van der Waals surface area (Å²) in [7, 11) is 0. The second-order valence-corrected chi connectivity index (χ2v) is 4.48. The lowest BCUT2D eigenvalue weighted by Crippen LogP contribution is -2.57. The lowest BCUT2D eigenvalue weighted by atomic mass is 9.86. The van der Waals surface area contributed by atoms with Gasteiger partial charge in [0.15, 0.2) is 0 Å². The fraction of sp³-hybridized carbons (Fsp3) is 0.462. The number of nitrogens with two attached hydrogens (primary N) is 1. The van der Waals surface area contributed by atoms with Crippen molar-refractivity contribution < 1.29 is 15.0 Å². The van der Waals surface area contributed by atoms with Crippen molar-refractivity contribution >= 4 is 5.97 Å². The van der Waals surface area contributed by atoms with Gasteiger partial charge >= 0.3 is 5.97 Å². The molecule has 0 saturated heterocycles. The Labute approximate surface area is 107 Å². The predicted octanol–water partition coefficient (Wildman–Crippen LogP) is 1.41. The Kier molecular flexibility index (Phi) is 5.12. The standard InChI is InChI=1S/C13H20N2O3/c1-2-3-7-13(15-14,12(17)18)9-10-5-4-6-11(16)8-10/h4-6,8,15-16H,2-3,7,9,14H2,1H3,(H,17,18). The molecule has 5 N–H and O–H groups in total. The van der Waals surface area contributed by atoms with Crippen LogP contribution in [0.4, 0.5) is 0 Å². The molecule has 0 heterocycles. The SMILES string of the molecule is CCCCC(Cc1cccc(O)c1)(NN)C(=O)O. The van der Waals surface area contributed by atoms with Crippen LogP contribution in [0.25, 0.3) is 0 Å². The lowest BCUT2D eigenvalue weighted by Gasteiger charge is -2.28. The van der Waals surface area contributed by atoms with Crippen molar-refractivity contribution in [1.29, 1.82) is 0 Å². The van der Waals surface area contributed by atoms with Crippen LogP contribution in [0.2, 0.25) is 0 Å². The minimum absolute atomic E-state index is 0.124. The van der Waals surface area contributed by atoms with Gasteiger partial charge in [-0.2, -0.15) is 0 Å². The molecule has 0 spiro atoms. The summed E-state index contributed by atoms with van der Waals surface area (Å²) >= 11 is 0. The van der Waals surface area contributed by atoms with E-state index in [4.69, 9.17) is 5.84 Å². The average Bonchev–Trinajstić information content (AvgIpc) is 2.34. The van der Waals surface area contributed by atoms with Gasteiger partial charge in [0.1, 0.15) is 11.3 Å². The van der Waals surface area contributed by atoms with Crippen LogP contribution in [0, 0.1) is 0 Å². The fourth-order valence-corrected chi connectivity index (χ4v) is 1.95. The Balaban J connectivity index is 2.93. The summed E-state index contributed by atoms with van der Waals surface area (Å²) < 4.78 is 0. The first-order chi connectivity index (χ1) is 8.54. The Hall–Kier alpha value is -1.59. The maximum Gasteiger partial charge on any atom is 0.325 e. The van der Waals surface area contributed by atoms with Crippen LogP contribution >= 0.6 is 0 Å². The van der Waals surface area contributed by atoms with Gasteiger partial charge in [-0.05, 0) is 24.1 Å². The number of hydrazine groups is 1. The van der Waals surface area contributed by atoms with E-state index in [1.807, 2.05) is 6.92 Å². The van der Waals surface area contributed by atoms with Crippen molar-refractivity contribution in [3.05, 3.63) is 29.8 Å². The van der Waals surface area contributed by atoms with E-state index < -0.39 is 11.5 Å². The van der Waals surface area contributed by atoms with Crippen LogP contribution in [0.15, 0.2) is 24.3 Å². The van der Waals surface area contributed by atoms with Crippen LogP contribution in [0.1, 0.15) is 31.7 Å². The molecule has 0 saturated carbocycles. The second-order valence-electron chi connectivity index (χ2n) is 4.48. The number of rotatable bonds is 7. The number of carbonyl (C=O) groups is 1. The number of unbranched alkanes of at least 4 members (excludes halogenated alkanes) is 1. The zero-order chi connectivity index (χ0) is 13.6. The molecule has 1 rings (SSSR count). The Morgan fingerprint density at radius 1 is 1.50 bits per heavy atom. The number of benzene rings is 1. The zero-order valence-electron chi connectivity index (χ0n) is 10.5. The number of carboxylic acid groups (broad SMARTS) is 1. The van der Waals surface area contributed by atoms with Gasteiger partial charge in [-0.25, -0.2) is 5.43 Å². The molecule has 0 aromatic heterocycles. The molecule has 1 unspecified atom stereocenters. The number of hydrogen-bond donors (Lipinski definition) is 4. The Morgan fingerprint density at radius 3 is 2.72 bits per heavy atom. The summed E-state index contributed by atoms with van der Waals surface area (Å²) in [5, 5.41) is 18.8. The lowest BCUT2D eigenvalue weighted by molar-refractivity contribution is -0.145. The Morgan fingerprint density at radius 2 is 2.22 bits per heavy atom. The first kappa shape index (κ1) is 14.5. The third kappa shape index (κ3) is 3.45. The molecule has 0 fully saturated rings. The highest BCUT2D eigenvalue weighted by Gasteiger charge is 2.36. The van der Waals surface area contributed by atoms with Crippen LogP contribution in [-0.2, 0) is 11.2 Å². The number of carboxylic acids is 1. The molecule has 0 amide bonds.